The molecule has 0 saturated carbocycles. The molecule has 0 aliphatic rings. The van der Waals surface area contributed by atoms with Crippen LogP contribution in [0.2, 0.25) is 5.02 Å². The van der Waals surface area contributed by atoms with Gasteiger partial charge in [0.15, 0.2) is 0 Å². The number of benzene rings is 1. The van der Waals surface area contributed by atoms with E-state index in [4.69, 9.17) is 11.6 Å². The number of nitrogens with one attached hydrogen (secondary N) is 1. The van der Waals surface area contributed by atoms with Crippen molar-refractivity contribution in [3.63, 3.8) is 0 Å². The van der Waals surface area contributed by atoms with Crippen molar-refractivity contribution in [2.45, 2.75) is 13.3 Å². The highest BCUT2D eigenvalue weighted by molar-refractivity contribution is 6.30. The Labute approximate surface area is 84.4 Å². The van der Waals surface area contributed by atoms with Gasteiger partial charge in [-0.25, -0.2) is 0 Å². The summed E-state index contributed by atoms with van der Waals surface area (Å²) in [6.07, 6.45) is 1.01. The van der Waals surface area contributed by atoms with Crippen LogP contribution < -0.4 is 5.32 Å². The highest BCUT2D eigenvalue weighted by atomic mass is 35.5. The third-order valence-electron chi connectivity index (χ3n) is 1.89. The van der Waals surface area contributed by atoms with Crippen LogP contribution in [0, 0.1) is 0 Å². The zero-order valence-electron chi connectivity index (χ0n) is 7.81. The molecule has 0 amide bonds. The number of hydrogen-bond acceptors (Lipinski definition) is 1. The molecule has 0 unspecified atom stereocenters. The van der Waals surface area contributed by atoms with Gasteiger partial charge in [0, 0.05) is 17.3 Å². The highest BCUT2D eigenvalue weighted by Crippen LogP contribution is 2.13. The van der Waals surface area contributed by atoms with Gasteiger partial charge in [0.25, 0.3) is 0 Å². The summed E-state index contributed by atoms with van der Waals surface area (Å²) in [6, 6.07) is 7.67. The maximum absolute atomic E-state index is 5.76. The summed E-state index contributed by atoms with van der Waals surface area (Å²) in [6.45, 7) is 6.85. The van der Waals surface area contributed by atoms with E-state index in [1.165, 1.54) is 5.57 Å². The molecule has 0 saturated heterocycles. The maximum Gasteiger partial charge on any atom is 0.0407 e. The van der Waals surface area contributed by atoms with Crippen molar-refractivity contribution in [2.24, 2.45) is 0 Å². The molecule has 1 aromatic carbocycles. The number of anilines is 1. The summed E-state index contributed by atoms with van der Waals surface area (Å²) in [5.74, 6) is 0. The Bertz CT molecular complexity index is 277. The maximum atomic E-state index is 5.76. The van der Waals surface area contributed by atoms with Crippen LogP contribution in [0.4, 0.5) is 5.69 Å². The summed E-state index contributed by atoms with van der Waals surface area (Å²) in [4.78, 5) is 0. The highest BCUT2D eigenvalue weighted by Gasteiger charge is 1.92. The SMILES string of the molecule is C=C(CC)CNc1ccc(Cl)cc1. The lowest BCUT2D eigenvalue weighted by atomic mass is 10.2. The van der Waals surface area contributed by atoms with E-state index >= 15 is 0 Å². The van der Waals surface area contributed by atoms with Gasteiger partial charge >= 0.3 is 0 Å². The average Bonchev–Trinajstić information content (AvgIpc) is 2.16. The minimum absolute atomic E-state index is 0.764. The van der Waals surface area contributed by atoms with E-state index in [1.807, 2.05) is 24.3 Å². The van der Waals surface area contributed by atoms with Crippen LogP contribution in [0.25, 0.3) is 0 Å². The number of rotatable bonds is 4. The van der Waals surface area contributed by atoms with Crippen LogP contribution in [-0.4, -0.2) is 6.54 Å². The molecule has 0 aromatic heterocycles. The normalized spacial score (nSPS) is 9.69. The number of halogens is 1. The van der Waals surface area contributed by atoms with Gasteiger partial charge in [0.05, 0.1) is 0 Å². The molecule has 0 bridgehead atoms. The Morgan fingerprint density at radius 3 is 2.54 bits per heavy atom. The molecule has 1 rings (SSSR count). The van der Waals surface area contributed by atoms with E-state index in [0.717, 1.165) is 23.7 Å². The van der Waals surface area contributed by atoms with Crippen LogP contribution >= 0.6 is 11.6 Å². The lowest BCUT2D eigenvalue weighted by Crippen LogP contribution is -2.02. The molecule has 13 heavy (non-hydrogen) atoms. The Hall–Kier alpha value is -0.950. The molecule has 0 fully saturated rings. The third-order valence-corrected chi connectivity index (χ3v) is 2.14. The molecule has 0 aliphatic heterocycles. The van der Waals surface area contributed by atoms with Crippen LogP contribution in [0.5, 0.6) is 0 Å². The van der Waals surface area contributed by atoms with Gasteiger partial charge in [0.2, 0.25) is 0 Å². The third kappa shape index (κ3) is 3.51. The standard InChI is InChI=1S/C11H14ClN/c1-3-9(2)8-13-11-6-4-10(12)5-7-11/h4-7,13H,2-3,8H2,1H3. The molecular weight excluding hydrogens is 182 g/mol. The summed E-state index contributed by atoms with van der Waals surface area (Å²) >= 11 is 5.76. The zero-order chi connectivity index (χ0) is 9.68. The molecule has 1 N–H and O–H groups in total. The van der Waals surface area contributed by atoms with Crippen molar-refractivity contribution >= 4 is 17.3 Å². The van der Waals surface area contributed by atoms with Gasteiger partial charge in [-0.05, 0) is 30.7 Å². The largest absolute Gasteiger partial charge is 0.381 e. The van der Waals surface area contributed by atoms with Gasteiger partial charge < -0.3 is 5.32 Å². The van der Waals surface area contributed by atoms with E-state index in [-0.39, 0.29) is 0 Å². The Balaban J connectivity index is 2.46. The first-order valence-corrected chi connectivity index (χ1v) is 4.76. The average molecular weight is 196 g/mol. The topological polar surface area (TPSA) is 12.0 Å². The van der Waals surface area contributed by atoms with Crippen LogP contribution in [0.3, 0.4) is 0 Å². The first-order chi connectivity index (χ1) is 6.22. The summed E-state index contributed by atoms with van der Waals surface area (Å²) in [7, 11) is 0. The minimum Gasteiger partial charge on any atom is -0.381 e. The Kier molecular flexibility index (Phi) is 3.84. The van der Waals surface area contributed by atoms with Crippen molar-refractivity contribution in [3.05, 3.63) is 41.4 Å². The van der Waals surface area contributed by atoms with E-state index in [2.05, 4.69) is 18.8 Å². The van der Waals surface area contributed by atoms with Crippen molar-refractivity contribution < 1.29 is 0 Å². The smallest absolute Gasteiger partial charge is 0.0407 e. The van der Waals surface area contributed by atoms with E-state index in [0.29, 0.717) is 0 Å². The summed E-state index contributed by atoms with van der Waals surface area (Å²) < 4.78 is 0. The van der Waals surface area contributed by atoms with Crippen molar-refractivity contribution in [1.82, 2.24) is 0 Å². The molecule has 0 spiro atoms. The molecular formula is C11H14ClN. The van der Waals surface area contributed by atoms with Crippen molar-refractivity contribution in [2.75, 3.05) is 11.9 Å². The molecule has 70 valence electrons. The molecule has 0 radical (unpaired) electrons. The first kappa shape index (κ1) is 10.1. The van der Waals surface area contributed by atoms with E-state index < -0.39 is 0 Å². The minimum atomic E-state index is 0.764. The fourth-order valence-corrected chi connectivity index (χ4v) is 1.05. The molecule has 1 aromatic rings. The van der Waals surface area contributed by atoms with Gasteiger partial charge in [-0.2, -0.15) is 0 Å². The van der Waals surface area contributed by atoms with Gasteiger partial charge in [-0.15, -0.1) is 0 Å². The van der Waals surface area contributed by atoms with Gasteiger partial charge in [-0.3, -0.25) is 0 Å². The second-order valence-electron chi connectivity index (χ2n) is 2.96. The lowest BCUT2D eigenvalue weighted by molar-refractivity contribution is 1.05. The quantitative estimate of drug-likeness (QED) is 0.723. The Morgan fingerprint density at radius 1 is 1.38 bits per heavy atom. The Morgan fingerprint density at radius 2 is 2.00 bits per heavy atom. The fraction of sp³-hybridized carbons (Fsp3) is 0.273. The van der Waals surface area contributed by atoms with E-state index in [1.54, 1.807) is 0 Å². The molecule has 2 heteroatoms. The first-order valence-electron chi connectivity index (χ1n) is 4.38. The monoisotopic (exact) mass is 195 g/mol. The molecule has 1 nitrogen and oxygen atoms in total. The second-order valence-corrected chi connectivity index (χ2v) is 3.40. The van der Waals surface area contributed by atoms with Gasteiger partial charge in [0.1, 0.15) is 0 Å². The zero-order valence-corrected chi connectivity index (χ0v) is 8.56. The van der Waals surface area contributed by atoms with Crippen LogP contribution in [0.15, 0.2) is 36.4 Å². The van der Waals surface area contributed by atoms with Crippen LogP contribution in [0.1, 0.15) is 13.3 Å². The van der Waals surface area contributed by atoms with Crippen molar-refractivity contribution in [1.29, 1.82) is 0 Å². The second kappa shape index (κ2) is 4.93. The van der Waals surface area contributed by atoms with Crippen LogP contribution in [-0.2, 0) is 0 Å². The molecule has 0 atom stereocenters. The molecule has 0 aliphatic carbocycles. The number of hydrogen-bond donors (Lipinski definition) is 1. The molecule has 0 heterocycles. The van der Waals surface area contributed by atoms with Gasteiger partial charge in [-0.1, -0.05) is 30.7 Å². The van der Waals surface area contributed by atoms with Crippen molar-refractivity contribution in [3.8, 4) is 0 Å². The predicted octanol–water partition coefficient (Wildman–Crippen LogP) is 3.72. The predicted molar refractivity (Wildman–Crippen MR) is 59.4 cm³/mol. The summed E-state index contributed by atoms with van der Waals surface area (Å²) in [5.41, 5.74) is 2.29. The van der Waals surface area contributed by atoms with E-state index in [9.17, 15) is 0 Å². The lowest BCUT2D eigenvalue weighted by Gasteiger charge is -2.06. The fourth-order valence-electron chi connectivity index (χ4n) is 0.920. The summed E-state index contributed by atoms with van der Waals surface area (Å²) in [5, 5.41) is 4.03.